The standard InChI is InChI=1S/C17H22N8O/c1-23-9-13(8-19-23)25-17(21-16(22-25)12-3-7-26-11-12)14-10-24-6-5-18-4-2-15(24)20-14/h8-10,12,18H,2-7,11H2,1H3. The van der Waals surface area contributed by atoms with Crippen LogP contribution in [0.15, 0.2) is 18.6 Å². The summed E-state index contributed by atoms with van der Waals surface area (Å²) in [5.41, 5.74) is 1.76. The van der Waals surface area contributed by atoms with Crippen LogP contribution in [0.2, 0.25) is 0 Å². The molecule has 1 unspecified atom stereocenters. The van der Waals surface area contributed by atoms with Gasteiger partial charge in [0.25, 0.3) is 0 Å². The number of hydrogen-bond acceptors (Lipinski definition) is 6. The number of hydrogen-bond donors (Lipinski definition) is 1. The van der Waals surface area contributed by atoms with Crippen molar-refractivity contribution >= 4 is 0 Å². The topological polar surface area (TPSA) is 87.6 Å². The Hall–Kier alpha value is -2.52. The lowest BCUT2D eigenvalue weighted by Crippen LogP contribution is -2.17. The van der Waals surface area contributed by atoms with Crippen molar-refractivity contribution in [3.63, 3.8) is 0 Å². The van der Waals surface area contributed by atoms with Crippen LogP contribution >= 0.6 is 0 Å². The summed E-state index contributed by atoms with van der Waals surface area (Å²) in [6.07, 6.45) is 7.72. The summed E-state index contributed by atoms with van der Waals surface area (Å²) in [6, 6.07) is 0. The second-order valence-corrected chi connectivity index (χ2v) is 6.87. The fraction of sp³-hybridized carbons (Fsp3) is 0.529. The molecule has 0 spiro atoms. The minimum atomic E-state index is 0.247. The molecule has 0 radical (unpaired) electrons. The number of rotatable bonds is 3. The van der Waals surface area contributed by atoms with Gasteiger partial charge in [0.2, 0.25) is 0 Å². The first-order chi connectivity index (χ1) is 12.8. The largest absolute Gasteiger partial charge is 0.381 e. The van der Waals surface area contributed by atoms with Crippen molar-refractivity contribution in [1.29, 1.82) is 0 Å². The van der Waals surface area contributed by atoms with Gasteiger partial charge in [-0.2, -0.15) is 10.2 Å². The molecular weight excluding hydrogens is 332 g/mol. The van der Waals surface area contributed by atoms with Gasteiger partial charge in [-0.15, -0.1) is 0 Å². The van der Waals surface area contributed by atoms with Gasteiger partial charge in [-0.1, -0.05) is 0 Å². The zero-order chi connectivity index (χ0) is 17.5. The van der Waals surface area contributed by atoms with E-state index < -0.39 is 0 Å². The van der Waals surface area contributed by atoms with Crippen molar-refractivity contribution < 1.29 is 4.74 Å². The van der Waals surface area contributed by atoms with Gasteiger partial charge in [0.1, 0.15) is 17.2 Å². The van der Waals surface area contributed by atoms with Crippen LogP contribution < -0.4 is 5.32 Å². The van der Waals surface area contributed by atoms with Crippen molar-refractivity contribution in [3.8, 4) is 17.2 Å². The fourth-order valence-corrected chi connectivity index (χ4v) is 3.58. The molecule has 136 valence electrons. The highest BCUT2D eigenvalue weighted by Crippen LogP contribution is 2.27. The monoisotopic (exact) mass is 354 g/mol. The van der Waals surface area contributed by atoms with Crippen LogP contribution in [0, 0.1) is 0 Å². The molecule has 0 aromatic carbocycles. The van der Waals surface area contributed by atoms with E-state index in [2.05, 4.69) is 21.2 Å². The minimum Gasteiger partial charge on any atom is -0.381 e. The third-order valence-electron chi connectivity index (χ3n) is 5.00. The molecule has 2 aliphatic heterocycles. The highest BCUT2D eigenvalue weighted by molar-refractivity contribution is 5.53. The third-order valence-corrected chi connectivity index (χ3v) is 5.00. The van der Waals surface area contributed by atoms with Crippen molar-refractivity contribution in [2.75, 3.05) is 26.3 Å². The predicted octanol–water partition coefficient (Wildman–Crippen LogP) is 0.514. The Balaban J connectivity index is 1.60. The Bertz CT molecular complexity index is 894. The van der Waals surface area contributed by atoms with Crippen molar-refractivity contribution in [2.45, 2.75) is 25.3 Å². The van der Waals surface area contributed by atoms with E-state index in [1.165, 1.54) is 0 Å². The smallest absolute Gasteiger partial charge is 0.183 e. The second kappa shape index (κ2) is 6.33. The van der Waals surface area contributed by atoms with E-state index in [0.717, 1.165) is 67.9 Å². The molecule has 5 rings (SSSR count). The molecule has 26 heavy (non-hydrogen) atoms. The van der Waals surface area contributed by atoms with Crippen molar-refractivity contribution in [3.05, 3.63) is 30.2 Å². The Morgan fingerprint density at radius 2 is 2.19 bits per heavy atom. The number of nitrogens with one attached hydrogen (secondary N) is 1. The highest BCUT2D eigenvalue weighted by Gasteiger charge is 2.26. The van der Waals surface area contributed by atoms with Crippen molar-refractivity contribution in [1.82, 2.24) is 39.4 Å². The average Bonchev–Trinajstić information content (AvgIpc) is 3.39. The zero-order valence-corrected chi connectivity index (χ0v) is 14.8. The summed E-state index contributed by atoms with van der Waals surface area (Å²) >= 11 is 0. The van der Waals surface area contributed by atoms with E-state index in [0.29, 0.717) is 6.61 Å². The summed E-state index contributed by atoms with van der Waals surface area (Å²) in [6.45, 7) is 4.29. The van der Waals surface area contributed by atoms with Crippen LogP contribution in [0.1, 0.15) is 24.0 Å². The van der Waals surface area contributed by atoms with Crippen LogP contribution in [0.4, 0.5) is 0 Å². The Labute approximate surface area is 151 Å². The quantitative estimate of drug-likeness (QED) is 0.738. The van der Waals surface area contributed by atoms with E-state index in [1.807, 2.05) is 17.9 Å². The Morgan fingerprint density at radius 1 is 1.23 bits per heavy atom. The van der Waals surface area contributed by atoms with Gasteiger partial charge in [0.05, 0.1) is 19.0 Å². The molecule has 1 fully saturated rings. The number of imidazole rings is 1. The van der Waals surface area contributed by atoms with Gasteiger partial charge >= 0.3 is 0 Å². The lowest BCUT2D eigenvalue weighted by Gasteiger charge is -2.01. The molecule has 0 aliphatic carbocycles. The first-order valence-electron chi connectivity index (χ1n) is 9.09. The van der Waals surface area contributed by atoms with Gasteiger partial charge in [0.15, 0.2) is 11.6 Å². The molecule has 9 nitrogen and oxygen atoms in total. The first-order valence-corrected chi connectivity index (χ1v) is 9.09. The van der Waals surface area contributed by atoms with Crippen molar-refractivity contribution in [2.24, 2.45) is 7.05 Å². The molecule has 0 amide bonds. The van der Waals surface area contributed by atoms with E-state index in [-0.39, 0.29) is 5.92 Å². The summed E-state index contributed by atoms with van der Waals surface area (Å²) < 4.78 is 11.4. The number of nitrogens with zero attached hydrogens (tertiary/aromatic N) is 7. The number of fused-ring (bicyclic) bond motifs is 1. The van der Waals surface area contributed by atoms with Crippen LogP contribution in [0.25, 0.3) is 17.2 Å². The maximum absolute atomic E-state index is 5.52. The van der Waals surface area contributed by atoms with Gasteiger partial charge in [-0.3, -0.25) is 4.68 Å². The molecular formula is C17H22N8O. The average molecular weight is 354 g/mol. The molecule has 0 bridgehead atoms. The maximum Gasteiger partial charge on any atom is 0.183 e. The minimum absolute atomic E-state index is 0.247. The summed E-state index contributed by atoms with van der Waals surface area (Å²) in [4.78, 5) is 9.71. The predicted molar refractivity (Wildman–Crippen MR) is 94.1 cm³/mol. The Kier molecular flexibility index (Phi) is 3.83. The molecule has 2 aliphatic rings. The molecule has 3 aromatic rings. The summed E-state index contributed by atoms with van der Waals surface area (Å²) in [7, 11) is 1.90. The summed E-state index contributed by atoms with van der Waals surface area (Å²) in [5, 5.41) is 12.5. The van der Waals surface area contributed by atoms with Gasteiger partial charge in [-0.05, 0) is 6.42 Å². The third kappa shape index (κ3) is 2.73. The molecule has 3 aromatic heterocycles. The highest BCUT2D eigenvalue weighted by atomic mass is 16.5. The molecule has 1 atom stereocenters. The van der Waals surface area contributed by atoms with Gasteiger partial charge in [0, 0.05) is 51.8 Å². The molecule has 1 N–H and O–H groups in total. The normalized spacial score (nSPS) is 20.3. The fourth-order valence-electron chi connectivity index (χ4n) is 3.58. The van der Waals surface area contributed by atoms with Crippen LogP contribution in [0.3, 0.4) is 0 Å². The lowest BCUT2D eigenvalue weighted by atomic mass is 10.1. The number of aromatic nitrogens is 7. The molecule has 9 heteroatoms. The second-order valence-electron chi connectivity index (χ2n) is 6.87. The Morgan fingerprint density at radius 3 is 3.00 bits per heavy atom. The van der Waals surface area contributed by atoms with Crippen LogP contribution in [-0.2, 0) is 24.8 Å². The zero-order valence-electron chi connectivity index (χ0n) is 14.8. The number of aryl methyl sites for hydroxylation is 1. The molecule has 0 saturated carbocycles. The summed E-state index contributed by atoms with van der Waals surface area (Å²) in [5.74, 6) is 2.94. The maximum atomic E-state index is 5.52. The van der Waals surface area contributed by atoms with E-state index in [1.54, 1.807) is 10.9 Å². The van der Waals surface area contributed by atoms with Crippen LogP contribution in [0.5, 0.6) is 0 Å². The van der Waals surface area contributed by atoms with Crippen LogP contribution in [-0.4, -0.2) is 60.4 Å². The van der Waals surface area contributed by atoms with E-state index in [4.69, 9.17) is 19.8 Å². The molecule has 5 heterocycles. The number of ether oxygens (including phenoxy) is 1. The van der Waals surface area contributed by atoms with Gasteiger partial charge < -0.3 is 14.6 Å². The van der Waals surface area contributed by atoms with E-state index >= 15 is 0 Å². The van der Waals surface area contributed by atoms with E-state index in [9.17, 15) is 0 Å². The van der Waals surface area contributed by atoms with Gasteiger partial charge in [-0.25, -0.2) is 14.6 Å². The first kappa shape index (κ1) is 15.7. The lowest BCUT2D eigenvalue weighted by molar-refractivity contribution is 0.193. The molecule has 1 saturated heterocycles. The SMILES string of the molecule is Cn1cc(-n2nc(C3CCOC3)nc2-c2cn3c(n2)CCNCC3)cn1.